The van der Waals surface area contributed by atoms with Gasteiger partial charge in [0, 0.05) is 19.2 Å². The van der Waals surface area contributed by atoms with Crippen LogP contribution in [0.25, 0.3) is 0 Å². The highest BCUT2D eigenvalue weighted by Gasteiger charge is 2.31. The molecule has 156 valence electrons. The molecule has 0 saturated carbocycles. The first-order valence-electron chi connectivity index (χ1n) is 10.2. The number of hydrogen-bond acceptors (Lipinski definition) is 5. The van der Waals surface area contributed by atoms with E-state index in [4.69, 9.17) is 4.74 Å². The van der Waals surface area contributed by atoms with E-state index in [-0.39, 0.29) is 0 Å². The number of rotatable bonds is 7. The van der Waals surface area contributed by atoms with Gasteiger partial charge in [0.1, 0.15) is 10.8 Å². The van der Waals surface area contributed by atoms with Gasteiger partial charge in [0.15, 0.2) is 5.03 Å². The van der Waals surface area contributed by atoms with Crippen molar-refractivity contribution in [1.82, 2.24) is 10.3 Å². The quantitative estimate of drug-likeness (QED) is 0.569. The zero-order valence-corrected chi connectivity index (χ0v) is 18.5. The average Bonchev–Trinajstić information content (AvgIpc) is 2.78. The van der Waals surface area contributed by atoms with Crippen LogP contribution in [-0.4, -0.2) is 29.4 Å². The van der Waals surface area contributed by atoms with Gasteiger partial charge in [-0.05, 0) is 55.6 Å². The molecule has 0 saturated heterocycles. The number of aromatic nitrogens is 1. The summed E-state index contributed by atoms with van der Waals surface area (Å²) < 4.78 is 18.5. The summed E-state index contributed by atoms with van der Waals surface area (Å²) in [6.07, 6.45) is 0.956. The van der Waals surface area contributed by atoms with Gasteiger partial charge < -0.3 is 15.0 Å². The third-order valence-electron chi connectivity index (χ3n) is 5.53. The van der Waals surface area contributed by atoms with Gasteiger partial charge in [-0.2, -0.15) is 0 Å². The molecular weight excluding hydrogens is 394 g/mol. The Morgan fingerprint density at radius 1 is 1.07 bits per heavy atom. The molecule has 0 spiro atoms. The molecule has 1 aliphatic heterocycles. The molecule has 0 radical (unpaired) electrons. The summed E-state index contributed by atoms with van der Waals surface area (Å²) >= 11 is 0. The summed E-state index contributed by atoms with van der Waals surface area (Å²) in [4.78, 5) is 7.61. The normalized spacial score (nSPS) is 14.9. The summed E-state index contributed by atoms with van der Waals surface area (Å²) in [6.45, 7) is 6.77. The Balaban J connectivity index is 1.56. The summed E-state index contributed by atoms with van der Waals surface area (Å²) in [5.41, 5.74) is 5.60. The van der Waals surface area contributed by atoms with E-state index in [0.717, 1.165) is 42.3 Å². The van der Waals surface area contributed by atoms with E-state index >= 15 is 0 Å². The van der Waals surface area contributed by atoms with Gasteiger partial charge in [-0.15, -0.1) is 0 Å². The minimum atomic E-state index is -1.32. The predicted octanol–water partition coefficient (Wildman–Crippen LogP) is 4.51. The predicted molar refractivity (Wildman–Crippen MR) is 121 cm³/mol. The van der Waals surface area contributed by atoms with Crippen molar-refractivity contribution in [3.63, 3.8) is 0 Å². The lowest BCUT2D eigenvalue weighted by Gasteiger charge is -2.34. The largest absolute Gasteiger partial charge is 0.481 e. The average molecular weight is 422 g/mol. The summed E-state index contributed by atoms with van der Waals surface area (Å²) in [6, 6.07) is 18.2. The van der Waals surface area contributed by atoms with Crippen LogP contribution in [0, 0.1) is 13.8 Å². The number of pyridine rings is 1. The van der Waals surface area contributed by atoms with Gasteiger partial charge in [-0.1, -0.05) is 36.4 Å². The molecule has 1 atom stereocenters. The molecule has 2 heterocycles. The zero-order chi connectivity index (χ0) is 21.1. The Labute approximate surface area is 180 Å². The number of benzene rings is 2. The van der Waals surface area contributed by atoms with Crippen LogP contribution in [0.3, 0.4) is 0 Å². The molecule has 1 aliphatic rings. The number of anilines is 2. The second-order valence-corrected chi connectivity index (χ2v) is 8.83. The Kier molecular flexibility index (Phi) is 6.16. The Hall–Kier alpha value is -2.70. The Morgan fingerprint density at radius 3 is 2.63 bits per heavy atom. The standard InChI is InChI=1S/C24H27N3O2S/c1-17-10-12-21-23(18(17)2)27(15-7-14-25-16-19-8-5-4-6-9-19)20-11-13-22(29-3)26-24(20)30(21)28/h4-6,8-13,25H,7,14-16H2,1-3H3. The minimum Gasteiger partial charge on any atom is -0.481 e. The molecule has 0 bridgehead atoms. The molecule has 1 unspecified atom stereocenters. The maximum atomic E-state index is 13.3. The summed E-state index contributed by atoms with van der Waals surface area (Å²) in [5, 5.41) is 4.09. The third-order valence-corrected chi connectivity index (χ3v) is 6.91. The number of ether oxygens (including phenoxy) is 1. The SMILES string of the molecule is COc1ccc2c(n1)S(=O)c1ccc(C)c(C)c1N2CCCNCc1ccccc1. The van der Waals surface area contributed by atoms with Gasteiger partial charge in [0.05, 0.1) is 23.4 Å². The van der Waals surface area contributed by atoms with E-state index in [1.165, 1.54) is 16.7 Å². The van der Waals surface area contributed by atoms with E-state index in [2.05, 4.69) is 53.3 Å². The second kappa shape index (κ2) is 8.98. The van der Waals surface area contributed by atoms with Crippen molar-refractivity contribution in [3.8, 4) is 5.88 Å². The van der Waals surface area contributed by atoms with Crippen molar-refractivity contribution in [1.29, 1.82) is 0 Å². The topological polar surface area (TPSA) is 54.5 Å². The van der Waals surface area contributed by atoms with Gasteiger partial charge in [-0.25, -0.2) is 9.19 Å². The first-order valence-corrected chi connectivity index (χ1v) is 11.3. The lowest BCUT2D eigenvalue weighted by molar-refractivity contribution is 0.394. The fraction of sp³-hybridized carbons (Fsp3) is 0.292. The monoisotopic (exact) mass is 421 g/mol. The van der Waals surface area contributed by atoms with E-state index in [0.29, 0.717) is 10.9 Å². The molecule has 0 amide bonds. The molecule has 1 aromatic heterocycles. The Morgan fingerprint density at radius 2 is 1.87 bits per heavy atom. The maximum absolute atomic E-state index is 13.3. The molecule has 2 aromatic carbocycles. The molecule has 30 heavy (non-hydrogen) atoms. The highest BCUT2D eigenvalue weighted by Crippen LogP contribution is 2.44. The second-order valence-electron chi connectivity index (χ2n) is 7.47. The van der Waals surface area contributed by atoms with E-state index in [1.807, 2.05) is 30.3 Å². The first kappa shape index (κ1) is 20.6. The Bertz CT molecular complexity index is 1070. The molecule has 0 aliphatic carbocycles. The number of nitrogens with one attached hydrogen (secondary N) is 1. The summed E-state index contributed by atoms with van der Waals surface area (Å²) in [7, 11) is 0.258. The van der Waals surface area contributed by atoms with Gasteiger partial charge in [0.25, 0.3) is 0 Å². The van der Waals surface area contributed by atoms with E-state index < -0.39 is 10.8 Å². The molecule has 3 aromatic rings. The first-order chi connectivity index (χ1) is 14.6. The lowest BCUT2D eigenvalue weighted by atomic mass is 10.1. The smallest absolute Gasteiger partial charge is 0.214 e. The number of methoxy groups -OCH3 is 1. The highest BCUT2D eigenvalue weighted by atomic mass is 32.2. The lowest BCUT2D eigenvalue weighted by Crippen LogP contribution is -2.29. The van der Waals surface area contributed by atoms with Crippen LogP contribution in [0.15, 0.2) is 64.5 Å². The van der Waals surface area contributed by atoms with Crippen molar-refractivity contribution < 1.29 is 8.95 Å². The fourth-order valence-electron chi connectivity index (χ4n) is 3.78. The van der Waals surface area contributed by atoms with Crippen LogP contribution < -0.4 is 15.0 Å². The molecule has 0 fully saturated rings. The molecule has 4 rings (SSSR count). The van der Waals surface area contributed by atoms with Gasteiger partial charge in [0.2, 0.25) is 5.88 Å². The maximum Gasteiger partial charge on any atom is 0.214 e. The van der Waals surface area contributed by atoms with Crippen molar-refractivity contribution in [2.24, 2.45) is 0 Å². The third kappa shape index (κ3) is 3.98. The molecule has 6 heteroatoms. The van der Waals surface area contributed by atoms with Crippen LogP contribution in [-0.2, 0) is 17.3 Å². The van der Waals surface area contributed by atoms with Crippen molar-refractivity contribution >= 4 is 22.2 Å². The van der Waals surface area contributed by atoms with Crippen LogP contribution in [0.2, 0.25) is 0 Å². The molecular formula is C24H27N3O2S. The highest BCUT2D eigenvalue weighted by molar-refractivity contribution is 7.85. The van der Waals surface area contributed by atoms with Gasteiger partial charge >= 0.3 is 0 Å². The summed E-state index contributed by atoms with van der Waals surface area (Å²) in [5.74, 6) is 0.485. The van der Waals surface area contributed by atoms with Crippen LogP contribution in [0.5, 0.6) is 5.88 Å². The van der Waals surface area contributed by atoms with Crippen LogP contribution >= 0.6 is 0 Å². The van der Waals surface area contributed by atoms with Crippen molar-refractivity contribution in [2.45, 2.75) is 36.7 Å². The number of fused-ring (bicyclic) bond motifs is 2. The zero-order valence-electron chi connectivity index (χ0n) is 17.6. The fourth-order valence-corrected chi connectivity index (χ4v) is 5.16. The number of nitrogens with zero attached hydrogens (tertiary/aromatic N) is 2. The number of hydrogen-bond donors (Lipinski definition) is 1. The van der Waals surface area contributed by atoms with Crippen LogP contribution in [0.1, 0.15) is 23.1 Å². The number of aryl methyl sites for hydroxylation is 1. The van der Waals surface area contributed by atoms with Gasteiger partial charge in [-0.3, -0.25) is 0 Å². The minimum absolute atomic E-state index is 0.485. The molecule has 1 N–H and O–H groups in total. The van der Waals surface area contributed by atoms with Crippen molar-refractivity contribution in [2.75, 3.05) is 25.1 Å². The van der Waals surface area contributed by atoms with E-state index in [9.17, 15) is 4.21 Å². The van der Waals surface area contributed by atoms with Crippen LogP contribution in [0.4, 0.5) is 11.4 Å². The molecule has 5 nitrogen and oxygen atoms in total. The van der Waals surface area contributed by atoms with Crippen molar-refractivity contribution in [3.05, 3.63) is 71.3 Å². The van der Waals surface area contributed by atoms with E-state index in [1.54, 1.807) is 7.11 Å².